The maximum Gasteiger partial charge on any atom is 0.166 e. The van der Waals surface area contributed by atoms with E-state index in [1.807, 2.05) is 19.6 Å². The smallest absolute Gasteiger partial charge is 0.166 e. The second-order valence-electron chi connectivity index (χ2n) is 8.73. The Morgan fingerprint density at radius 1 is 1.17 bits per heavy atom. The molecule has 3 aromatic heterocycles. The zero-order chi connectivity index (χ0) is 20.8. The van der Waals surface area contributed by atoms with E-state index in [-0.39, 0.29) is 11.5 Å². The van der Waals surface area contributed by atoms with Gasteiger partial charge in [-0.25, -0.2) is 15.0 Å². The van der Waals surface area contributed by atoms with Gasteiger partial charge in [0.15, 0.2) is 22.8 Å². The molecule has 4 rings (SSSR count). The maximum absolute atomic E-state index is 4.93. The normalized spacial score (nSPS) is 15.0. The first-order valence-corrected chi connectivity index (χ1v) is 10.00. The zero-order valence-corrected chi connectivity index (χ0v) is 17.9. The van der Waals surface area contributed by atoms with Crippen LogP contribution in [-0.4, -0.2) is 41.6 Å². The van der Waals surface area contributed by atoms with Crippen LogP contribution in [0.1, 0.15) is 52.9 Å². The minimum absolute atomic E-state index is 0.0835. The molecule has 4 heterocycles. The van der Waals surface area contributed by atoms with E-state index in [0.29, 0.717) is 11.6 Å². The van der Waals surface area contributed by atoms with Gasteiger partial charge in [0.25, 0.3) is 0 Å². The van der Waals surface area contributed by atoms with Crippen LogP contribution in [-0.2, 0) is 7.05 Å². The zero-order valence-electron chi connectivity index (χ0n) is 17.9. The van der Waals surface area contributed by atoms with Crippen LogP contribution >= 0.6 is 0 Å². The predicted octanol–water partition coefficient (Wildman–Crippen LogP) is 4.16. The molecular weight excluding hydrogens is 364 g/mol. The predicted molar refractivity (Wildman–Crippen MR) is 117 cm³/mol. The second-order valence-corrected chi connectivity index (χ2v) is 8.73. The largest absolute Gasteiger partial charge is 0.336 e. The number of nitrogens with one attached hydrogen (secondary N) is 1. The van der Waals surface area contributed by atoms with Crippen molar-refractivity contribution in [2.75, 3.05) is 11.9 Å². The Morgan fingerprint density at radius 3 is 2.62 bits per heavy atom. The average Bonchev–Trinajstić information content (AvgIpc) is 3.27. The summed E-state index contributed by atoms with van der Waals surface area (Å²) < 4.78 is 3.83. The third kappa shape index (κ3) is 3.66. The Labute approximate surface area is 170 Å². The summed E-state index contributed by atoms with van der Waals surface area (Å²) in [6.45, 7) is 11.6. The molecule has 0 radical (unpaired) electrons. The van der Waals surface area contributed by atoms with E-state index in [9.17, 15) is 0 Å². The number of anilines is 2. The highest BCUT2D eigenvalue weighted by atomic mass is 15.3. The van der Waals surface area contributed by atoms with Gasteiger partial charge in [-0.3, -0.25) is 9.67 Å². The van der Waals surface area contributed by atoms with Crippen LogP contribution in [0.15, 0.2) is 29.8 Å². The fraction of sp³-hybridized carbons (Fsp3) is 0.476. The van der Waals surface area contributed by atoms with Crippen molar-refractivity contribution in [1.29, 1.82) is 0 Å². The molecule has 152 valence electrons. The Morgan fingerprint density at radius 2 is 1.97 bits per heavy atom. The van der Waals surface area contributed by atoms with Crippen molar-refractivity contribution in [2.45, 2.75) is 47.1 Å². The lowest BCUT2D eigenvalue weighted by Gasteiger charge is -2.26. The fourth-order valence-electron chi connectivity index (χ4n) is 3.53. The molecule has 0 amide bonds. The highest BCUT2D eigenvalue weighted by Crippen LogP contribution is 2.32. The van der Waals surface area contributed by atoms with Crippen LogP contribution in [0.3, 0.4) is 0 Å². The van der Waals surface area contributed by atoms with Crippen molar-refractivity contribution in [3.05, 3.63) is 30.6 Å². The Bertz CT molecular complexity index is 1110. The van der Waals surface area contributed by atoms with Crippen LogP contribution < -0.4 is 5.32 Å². The standard InChI is InChI=1S/C21H28N8/c1-13(2)29-12-23-16-19(25-14-10-24-28(6)11-14)26-18(27-20(16)29)15-8-7-9-22-17(15)21(3,4)5/h8,10-13H,7,9H2,1-6H3,(H,25,26,27). The molecule has 0 saturated heterocycles. The third-order valence-electron chi connectivity index (χ3n) is 4.90. The van der Waals surface area contributed by atoms with E-state index in [2.05, 4.69) is 60.7 Å². The summed E-state index contributed by atoms with van der Waals surface area (Å²) in [5.74, 6) is 1.36. The molecule has 8 nitrogen and oxygen atoms in total. The van der Waals surface area contributed by atoms with Gasteiger partial charge in [0.2, 0.25) is 0 Å². The molecule has 0 spiro atoms. The first-order chi connectivity index (χ1) is 13.7. The molecule has 0 saturated carbocycles. The van der Waals surface area contributed by atoms with E-state index < -0.39 is 0 Å². The quantitative estimate of drug-likeness (QED) is 0.720. The molecule has 0 unspecified atom stereocenters. The SMILES string of the molecule is CC(C)n1cnc2c(Nc3cnn(C)c3)nc(C3=CCCN=C3C(C)(C)C)nc21. The van der Waals surface area contributed by atoms with E-state index in [4.69, 9.17) is 15.0 Å². The monoisotopic (exact) mass is 392 g/mol. The minimum Gasteiger partial charge on any atom is -0.336 e. The van der Waals surface area contributed by atoms with E-state index in [1.165, 1.54) is 0 Å². The van der Waals surface area contributed by atoms with Crippen molar-refractivity contribution in [1.82, 2.24) is 29.3 Å². The number of nitrogens with zero attached hydrogens (tertiary/aromatic N) is 7. The first-order valence-electron chi connectivity index (χ1n) is 10.00. The number of hydrogen-bond acceptors (Lipinski definition) is 6. The topological polar surface area (TPSA) is 85.8 Å². The van der Waals surface area contributed by atoms with E-state index in [1.54, 1.807) is 10.9 Å². The van der Waals surface area contributed by atoms with Crippen LogP contribution in [0.2, 0.25) is 0 Å². The molecule has 0 bridgehead atoms. The fourth-order valence-corrected chi connectivity index (χ4v) is 3.53. The van der Waals surface area contributed by atoms with Gasteiger partial charge in [0, 0.05) is 36.8 Å². The molecule has 0 fully saturated rings. The van der Waals surface area contributed by atoms with Gasteiger partial charge in [-0.2, -0.15) is 5.10 Å². The molecule has 29 heavy (non-hydrogen) atoms. The van der Waals surface area contributed by atoms with Crippen LogP contribution in [0.25, 0.3) is 16.7 Å². The molecule has 0 aliphatic carbocycles. The molecule has 1 aliphatic rings. The summed E-state index contributed by atoms with van der Waals surface area (Å²) in [4.78, 5) is 19.2. The molecular formula is C21H28N8. The van der Waals surface area contributed by atoms with Crippen LogP contribution in [0.5, 0.6) is 0 Å². The Kier molecular flexibility index (Phi) is 4.72. The van der Waals surface area contributed by atoms with Crippen LogP contribution in [0.4, 0.5) is 11.5 Å². The number of aliphatic imine (C=N–C) groups is 1. The van der Waals surface area contributed by atoms with Gasteiger partial charge in [0.05, 0.1) is 23.9 Å². The van der Waals surface area contributed by atoms with Gasteiger partial charge < -0.3 is 9.88 Å². The van der Waals surface area contributed by atoms with Crippen molar-refractivity contribution in [3.8, 4) is 0 Å². The maximum atomic E-state index is 4.93. The van der Waals surface area contributed by atoms with Gasteiger partial charge in [-0.15, -0.1) is 0 Å². The van der Waals surface area contributed by atoms with Crippen molar-refractivity contribution >= 4 is 34.0 Å². The van der Waals surface area contributed by atoms with Gasteiger partial charge in [-0.05, 0) is 20.3 Å². The molecule has 1 N–H and O–H groups in total. The van der Waals surface area contributed by atoms with Crippen LogP contribution in [0, 0.1) is 5.41 Å². The summed E-state index contributed by atoms with van der Waals surface area (Å²) in [5, 5.41) is 7.61. The molecule has 3 aromatic rings. The molecule has 8 heteroatoms. The van der Waals surface area contributed by atoms with E-state index in [0.717, 1.165) is 41.1 Å². The lowest BCUT2D eigenvalue weighted by molar-refractivity contribution is 0.590. The van der Waals surface area contributed by atoms with Gasteiger partial charge in [-0.1, -0.05) is 26.8 Å². The molecule has 0 aromatic carbocycles. The minimum atomic E-state index is -0.0835. The summed E-state index contributed by atoms with van der Waals surface area (Å²) in [6, 6.07) is 0.241. The highest BCUT2D eigenvalue weighted by Gasteiger charge is 2.28. The number of dihydropyridines is 1. The van der Waals surface area contributed by atoms with Crippen molar-refractivity contribution in [3.63, 3.8) is 0 Å². The Balaban J connectivity index is 1.89. The van der Waals surface area contributed by atoms with Gasteiger partial charge in [0.1, 0.15) is 0 Å². The van der Waals surface area contributed by atoms with E-state index >= 15 is 0 Å². The number of rotatable bonds is 4. The number of aromatic nitrogens is 6. The van der Waals surface area contributed by atoms with Crippen molar-refractivity contribution in [2.24, 2.45) is 17.5 Å². The highest BCUT2D eigenvalue weighted by molar-refractivity contribution is 6.25. The Hall–Kier alpha value is -3.03. The lowest BCUT2D eigenvalue weighted by Crippen LogP contribution is -2.25. The van der Waals surface area contributed by atoms with Crippen molar-refractivity contribution < 1.29 is 0 Å². The number of allylic oxidation sites excluding steroid dienone is 1. The third-order valence-corrected chi connectivity index (χ3v) is 4.90. The summed E-state index contributed by atoms with van der Waals surface area (Å²) in [6.07, 6.45) is 8.62. The van der Waals surface area contributed by atoms with Gasteiger partial charge >= 0.3 is 0 Å². The summed E-state index contributed by atoms with van der Waals surface area (Å²) in [7, 11) is 1.89. The number of imidazole rings is 1. The second kappa shape index (κ2) is 7.09. The molecule has 1 aliphatic heterocycles. The first kappa shape index (κ1) is 19.3. The lowest BCUT2D eigenvalue weighted by atomic mass is 9.83. The number of hydrogen-bond donors (Lipinski definition) is 1. The average molecular weight is 393 g/mol. The summed E-state index contributed by atoms with van der Waals surface area (Å²) in [5.41, 5.74) is 4.40. The number of fused-ring (bicyclic) bond motifs is 1. The summed E-state index contributed by atoms with van der Waals surface area (Å²) >= 11 is 0. The number of aryl methyl sites for hydroxylation is 1. The molecule has 0 atom stereocenters.